The van der Waals surface area contributed by atoms with Crippen molar-refractivity contribution in [3.05, 3.63) is 57.6 Å². The molecular weight excluding hydrogens is 279 g/mol. The maximum absolute atomic E-state index is 6.09. The van der Waals surface area contributed by atoms with Crippen molar-refractivity contribution in [2.75, 3.05) is 11.5 Å². The molecule has 0 spiro atoms. The normalized spacial score (nSPS) is 10.9. The lowest BCUT2D eigenvalue weighted by molar-refractivity contribution is 0.778. The summed E-state index contributed by atoms with van der Waals surface area (Å²) in [6.45, 7) is 2.12. The van der Waals surface area contributed by atoms with Gasteiger partial charge in [0.25, 0.3) is 0 Å². The molecule has 0 aliphatic rings. The molecule has 0 fully saturated rings. The molecule has 0 aliphatic heterocycles. The molecule has 4 heteroatoms. The Hall–Kier alpha value is -1.38. The summed E-state index contributed by atoms with van der Waals surface area (Å²) < 4.78 is 0. The van der Waals surface area contributed by atoms with Gasteiger partial charge in [0.15, 0.2) is 0 Å². The zero-order valence-corrected chi connectivity index (χ0v) is 12.2. The minimum atomic E-state index is 0.233. The van der Waals surface area contributed by atoms with Crippen LogP contribution in [0.2, 0.25) is 10.0 Å². The Morgan fingerprint density at radius 2 is 1.32 bits per heavy atom. The van der Waals surface area contributed by atoms with Crippen molar-refractivity contribution in [1.29, 1.82) is 0 Å². The maximum atomic E-state index is 6.09. The number of halogens is 2. The van der Waals surface area contributed by atoms with Crippen LogP contribution in [0.1, 0.15) is 30.4 Å². The molecule has 2 aromatic carbocycles. The van der Waals surface area contributed by atoms with Gasteiger partial charge in [-0.05, 0) is 41.8 Å². The van der Waals surface area contributed by atoms with Crippen LogP contribution >= 0.6 is 23.2 Å². The van der Waals surface area contributed by atoms with E-state index < -0.39 is 0 Å². The summed E-state index contributed by atoms with van der Waals surface area (Å²) in [4.78, 5) is 0. The van der Waals surface area contributed by atoms with E-state index in [9.17, 15) is 0 Å². The van der Waals surface area contributed by atoms with Gasteiger partial charge in [-0.25, -0.2) is 0 Å². The highest BCUT2D eigenvalue weighted by molar-refractivity contribution is 6.33. The fraction of sp³-hybridized carbons (Fsp3) is 0.200. The summed E-state index contributed by atoms with van der Waals surface area (Å²) in [7, 11) is 0. The molecule has 4 N–H and O–H groups in total. The first-order valence-corrected chi connectivity index (χ1v) is 6.88. The zero-order chi connectivity index (χ0) is 14.0. The minimum Gasteiger partial charge on any atom is -0.398 e. The number of hydrogen-bond acceptors (Lipinski definition) is 2. The summed E-state index contributed by atoms with van der Waals surface area (Å²) in [5, 5.41) is 1.16. The molecule has 0 aliphatic carbocycles. The van der Waals surface area contributed by atoms with Crippen molar-refractivity contribution in [2.45, 2.75) is 19.3 Å². The number of nitrogens with two attached hydrogens (primary N) is 2. The van der Waals surface area contributed by atoms with Crippen LogP contribution in [-0.4, -0.2) is 0 Å². The van der Waals surface area contributed by atoms with E-state index in [0.29, 0.717) is 21.4 Å². The van der Waals surface area contributed by atoms with Crippen LogP contribution in [0, 0.1) is 0 Å². The van der Waals surface area contributed by atoms with Gasteiger partial charge in [-0.3, -0.25) is 0 Å². The van der Waals surface area contributed by atoms with Gasteiger partial charge in [-0.1, -0.05) is 42.3 Å². The lowest BCUT2D eigenvalue weighted by atomic mass is 9.89. The molecule has 0 bridgehead atoms. The highest BCUT2D eigenvalue weighted by Gasteiger charge is 2.14. The smallest absolute Gasteiger partial charge is 0.0638 e. The summed E-state index contributed by atoms with van der Waals surface area (Å²) in [5.41, 5.74) is 14.9. The number of hydrogen-bond donors (Lipinski definition) is 2. The van der Waals surface area contributed by atoms with Gasteiger partial charge in [-0.2, -0.15) is 0 Å². The molecule has 0 saturated carbocycles. The summed E-state index contributed by atoms with van der Waals surface area (Å²) in [5.74, 6) is 0.233. The van der Waals surface area contributed by atoms with E-state index in [-0.39, 0.29) is 5.92 Å². The monoisotopic (exact) mass is 294 g/mol. The molecule has 2 rings (SSSR count). The van der Waals surface area contributed by atoms with Crippen LogP contribution in [0.15, 0.2) is 36.4 Å². The first kappa shape index (κ1) is 14.0. The Balaban J connectivity index is 2.43. The van der Waals surface area contributed by atoms with Crippen molar-refractivity contribution in [3.8, 4) is 0 Å². The fourth-order valence-corrected chi connectivity index (χ4v) is 2.56. The summed E-state index contributed by atoms with van der Waals surface area (Å²) in [6.07, 6.45) is 0.945. The van der Waals surface area contributed by atoms with E-state index in [0.717, 1.165) is 17.5 Å². The molecule has 0 amide bonds. The first-order valence-electron chi connectivity index (χ1n) is 6.12. The topological polar surface area (TPSA) is 52.0 Å². The first-order chi connectivity index (χ1) is 9.02. The average Bonchev–Trinajstić information content (AvgIpc) is 2.39. The predicted molar refractivity (Wildman–Crippen MR) is 83.9 cm³/mol. The maximum Gasteiger partial charge on any atom is 0.0638 e. The van der Waals surface area contributed by atoms with Gasteiger partial charge in [0.05, 0.1) is 21.4 Å². The van der Waals surface area contributed by atoms with Crippen LogP contribution in [0.4, 0.5) is 11.4 Å². The van der Waals surface area contributed by atoms with Crippen LogP contribution in [-0.2, 0) is 0 Å². The average molecular weight is 295 g/mol. The Kier molecular flexibility index (Phi) is 4.23. The molecule has 0 heterocycles. The number of benzene rings is 2. The van der Waals surface area contributed by atoms with Gasteiger partial charge in [0.1, 0.15) is 0 Å². The number of rotatable bonds is 3. The summed E-state index contributed by atoms with van der Waals surface area (Å²) in [6, 6.07) is 11.5. The van der Waals surface area contributed by atoms with Crippen molar-refractivity contribution in [1.82, 2.24) is 0 Å². The second kappa shape index (κ2) is 5.72. The SMILES string of the molecule is CCC(c1ccc(N)c(Cl)c1)c1ccc(N)c(Cl)c1. The molecule has 100 valence electrons. The van der Waals surface area contributed by atoms with E-state index in [2.05, 4.69) is 6.92 Å². The third kappa shape index (κ3) is 2.96. The second-order valence-electron chi connectivity index (χ2n) is 4.52. The molecule has 0 unspecified atom stereocenters. The fourth-order valence-electron chi connectivity index (χ4n) is 2.18. The van der Waals surface area contributed by atoms with Crippen LogP contribution in [0.3, 0.4) is 0 Å². The second-order valence-corrected chi connectivity index (χ2v) is 5.34. The molecule has 0 aromatic heterocycles. The van der Waals surface area contributed by atoms with E-state index in [1.165, 1.54) is 0 Å². The van der Waals surface area contributed by atoms with Crippen molar-refractivity contribution >= 4 is 34.6 Å². The molecule has 2 nitrogen and oxygen atoms in total. The molecule has 0 radical (unpaired) electrons. The largest absolute Gasteiger partial charge is 0.398 e. The standard InChI is InChI=1S/C15H16Cl2N2/c1-2-11(9-3-5-14(18)12(16)7-9)10-4-6-15(19)13(17)8-10/h3-8,11H,2,18-19H2,1H3. The molecule has 0 atom stereocenters. The third-order valence-electron chi connectivity index (χ3n) is 3.26. The predicted octanol–water partition coefficient (Wildman–Crippen LogP) is 4.70. The van der Waals surface area contributed by atoms with Crippen molar-refractivity contribution < 1.29 is 0 Å². The van der Waals surface area contributed by atoms with E-state index >= 15 is 0 Å². The van der Waals surface area contributed by atoms with Gasteiger partial charge < -0.3 is 11.5 Å². The molecule has 0 saturated heterocycles. The Morgan fingerprint density at radius 3 is 1.63 bits per heavy atom. The van der Waals surface area contributed by atoms with E-state index in [4.69, 9.17) is 34.7 Å². The Morgan fingerprint density at radius 1 is 0.895 bits per heavy atom. The minimum absolute atomic E-state index is 0.233. The quantitative estimate of drug-likeness (QED) is 0.806. The molecular formula is C15H16Cl2N2. The van der Waals surface area contributed by atoms with E-state index in [1.807, 2.05) is 36.4 Å². The van der Waals surface area contributed by atoms with Gasteiger partial charge in [0, 0.05) is 5.92 Å². The highest BCUT2D eigenvalue weighted by atomic mass is 35.5. The number of anilines is 2. The third-order valence-corrected chi connectivity index (χ3v) is 3.92. The lowest BCUT2D eigenvalue weighted by Crippen LogP contribution is -2.01. The molecule has 2 aromatic rings. The molecule has 19 heavy (non-hydrogen) atoms. The van der Waals surface area contributed by atoms with Crippen LogP contribution < -0.4 is 11.5 Å². The lowest BCUT2D eigenvalue weighted by Gasteiger charge is -2.17. The number of nitrogen functional groups attached to an aromatic ring is 2. The van der Waals surface area contributed by atoms with Crippen molar-refractivity contribution in [3.63, 3.8) is 0 Å². The van der Waals surface area contributed by atoms with Gasteiger partial charge in [-0.15, -0.1) is 0 Å². The van der Waals surface area contributed by atoms with Gasteiger partial charge >= 0.3 is 0 Å². The van der Waals surface area contributed by atoms with E-state index in [1.54, 1.807) is 0 Å². The van der Waals surface area contributed by atoms with Crippen LogP contribution in [0.25, 0.3) is 0 Å². The van der Waals surface area contributed by atoms with Gasteiger partial charge in [0.2, 0.25) is 0 Å². The summed E-state index contributed by atoms with van der Waals surface area (Å²) >= 11 is 12.2. The van der Waals surface area contributed by atoms with Crippen LogP contribution in [0.5, 0.6) is 0 Å². The Labute approximate surface area is 123 Å². The zero-order valence-electron chi connectivity index (χ0n) is 10.7. The van der Waals surface area contributed by atoms with Crippen molar-refractivity contribution in [2.24, 2.45) is 0 Å². The highest BCUT2D eigenvalue weighted by Crippen LogP contribution is 2.33. The Bertz CT molecular complexity index is 545.